The van der Waals surface area contributed by atoms with Gasteiger partial charge in [0.25, 0.3) is 0 Å². The van der Waals surface area contributed by atoms with E-state index in [0.29, 0.717) is 5.69 Å². The van der Waals surface area contributed by atoms with Gasteiger partial charge < -0.3 is 9.30 Å². The molecule has 0 N–H and O–H groups in total. The lowest BCUT2D eigenvalue weighted by atomic mass is 10.1. The van der Waals surface area contributed by atoms with Crippen LogP contribution < -0.4 is 4.74 Å². The molecule has 18 heavy (non-hydrogen) atoms. The van der Waals surface area contributed by atoms with Crippen molar-refractivity contribution in [3.8, 4) is 5.75 Å². The lowest BCUT2D eigenvalue weighted by Gasteiger charge is -2.08. The molecule has 0 fully saturated rings. The van der Waals surface area contributed by atoms with Gasteiger partial charge in [-0.15, -0.1) is 0 Å². The van der Waals surface area contributed by atoms with Crippen LogP contribution in [0.5, 0.6) is 5.75 Å². The van der Waals surface area contributed by atoms with Crippen molar-refractivity contribution in [2.75, 3.05) is 6.61 Å². The predicted octanol–water partition coefficient (Wildman–Crippen LogP) is 2.90. The molecule has 0 aliphatic carbocycles. The molecule has 0 saturated heterocycles. The summed E-state index contributed by atoms with van der Waals surface area (Å²) in [5.41, 5.74) is 2.94. The van der Waals surface area contributed by atoms with E-state index in [9.17, 15) is 4.79 Å². The Labute approximate surface area is 107 Å². The van der Waals surface area contributed by atoms with Gasteiger partial charge in [0.15, 0.2) is 6.61 Å². The minimum Gasteiger partial charge on any atom is -0.485 e. The summed E-state index contributed by atoms with van der Waals surface area (Å²) in [4.78, 5) is 11.9. The SMILES string of the molecule is Cc1cc(C)cc(OCC(=O)c2cccn2C)c1. The van der Waals surface area contributed by atoms with Gasteiger partial charge in [0.1, 0.15) is 5.75 Å². The van der Waals surface area contributed by atoms with E-state index in [4.69, 9.17) is 4.74 Å². The number of carbonyl (C=O) groups excluding carboxylic acids is 1. The molecule has 0 bridgehead atoms. The largest absolute Gasteiger partial charge is 0.485 e. The van der Waals surface area contributed by atoms with Gasteiger partial charge in [-0.05, 0) is 49.2 Å². The molecule has 3 heteroatoms. The van der Waals surface area contributed by atoms with Crippen molar-refractivity contribution in [2.24, 2.45) is 7.05 Å². The third-order valence-electron chi connectivity index (χ3n) is 2.79. The van der Waals surface area contributed by atoms with Gasteiger partial charge in [0.2, 0.25) is 5.78 Å². The summed E-state index contributed by atoms with van der Waals surface area (Å²) in [6, 6.07) is 9.60. The molecule has 1 heterocycles. The number of hydrogen-bond acceptors (Lipinski definition) is 2. The number of rotatable bonds is 4. The number of ketones is 1. The number of nitrogens with zero attached hydrogens (tertiary/aromatic N) is 1. The molecule has 0 spiro atoms. The summed E-state index contributed by atoms with van der Waals surface area (Å²) in [6.07, 6.45) is 1.85. The van der Waals surface area contributed by atoms with E-state index in [1.807, 2.05) is 45.3 Å². The second-order valence-electron chi connectivity index (χ2n) is 4.54. The van der Waals surface area contributed by atoms with Gasteiger partial charge in [-0.2, -0.15) is 0 Å². The topological polar surface area (TPSA) is 31.2 Å². The van der Waals surface area contributed by atoms with Gasteiger partial charge in [-0.25, -0.2) is 0 Å². The van der Waals surface area contributed by atoms with Gasteiger partial charge in [-0.1, -0.05) is 6.07 Å². The first-order chi connectivity index (χ1) is 8.56. The molecule has 2 aromatic rings. The quantitative estimate of drug-likeness (QED) is 0.773. The van der Waals surface area contributed by atoms with Gasteiger partial charge >= 0.3 is 0 Å². The average molecular weight is 243 g/mol. The summed E-state index contributed by atoms with van der Waals surface area (Å²) >= 11 is 0. The van der Waals surface area contributed by atoms with Crippen LogP contribution in [0.2, 0.25) is 0 Å². The lowest BCUT2D eigenvalue weighted by molar-refractivity contribution is 0.0913. The molecule has 1 aromatic carbocycles. The lowest BCUT2D eigenvalue weighted by Crippen LogP contribution is -2.14. The molecule has 94 valence electrons. The Balaban J connectivity index is 2.04. The van der Waals surface area contributed by atoms with Crippen LogP contribution in [0.25, 0.3) is 0 Å². The maximum Gasteiger partial charge on any atom is 0.216 e. The van der Waals surface area contributed by atoms with Crippen LogP contribution in [0.4, 0.5) is 0 Å². The molecule has 0 aliphatic rings. The summed E-state index contributed by atoms with van der Waals surface area (Å²) in [5.74, 6) is 0.733. The van der Waals surface area contributed by atoms with E-state index < -0.39 is 0 Å². The zero-order chi connectivity index (χ0) is 13.1. The highest BCUT2D eigenvalue weighted by atomic mass is 16.5. The standard InChI is InChI=1S/C15H17NO2/c1-11-7-12(2)9-13(8-11)18-10-15(17)14-5-4-6-16(14)3/h4-9H,10H2,1-3H3. The Morgan fingerprint density at radius 1 is 1.22 bits per heavy atom. The first-order valence-corrected chi connectivity index (χ1v) is 5.92. The number of ether oxygens (including phenoxy) is 1. The molecule has 2 rings (SSSR count). The molecule has 0 radical (unpaired) electrons. The maximum absolute atomic E-state index is 11.9. The fourth-order valence-electron chi connectivity index (χ4n) is 1.99. The van der Waals surface area contributed by atoms with Crippen molar-refractivity contribution in [1.82, 2.24) is 4.57 Å². The maximum atomic E-state index is 11.9. The Hall–Kier alpha value is -2.03. The minimum absolute atomic E-state index is 0.0124. The second kappa shape index (κ2) is 5.08. The highest BCUT2D eigenvalue weighted by Crippen LogP contribution is 2.16. The third kappa shape index (κ3) is 2.80. The van der Waals surface area contributed by atoms with Crippen molar-refractivity contribution >= 4 is 5.78 Å². The van der Waals surface area contributed by atoms with E-state index in [1.165, 1.54) is 0 Å². The Bertz CT molecular complexity index is 549. The van der Waals surface area contributed by atoms with Crippen molar-refractivity contribution in [1.29, 1.82) is 0 Å². The van der Waals surface area contributed by atoms with E-state index in [2.05, 4.69) is 6.07 Å². The predicted molar refractivity (Wildman–Crippen MR) is 71.2 cm³/mol. The second-order valence-corrected chi connectivity index (χ2v) is 4.54. The number of Topliss-reactive ketones (excluding diaryl/α,β-unsaturated/α-hetero) is 1. The van der Waals surface area contributed by atoms with Crippen LogP contribution in [0.1, 0.15) is 21.6 Å². The van der Waals surface area contributed by atoms with Crippen molar-refractivity contribution in [2.45, 2.75) is 13.8 Å². The van der Waals surface area contributed by atoms with Crippen molar-refractivity contribution < 1.29 is 9.53 Å². The van der Waals surface area contributed by atoms with Gasteiger partial charge in [0, 0.05) is 13.2 Å². The van der Waals surface area contributed by atoms with Crippen LogP contribution in [0.15, 0.2) is 36.5 Å². The fraction of sp³-hybridized carbons (Fsp3) is 0.267. The fourth-order valence-corrected chi connectivity index (χ4v) is 1.99. The number of aryl methyl sites for hydroxylation is 3. The normalized spacial score (nSPS) is 10.4. The third-order valence-corrected chi connectivity index (χ3v) is 2.79. The molecular formula is C15H17NO2. The molecule has 0 unspecified atom stereocenters. The highest BCUT2D eigenvalue weighted by molar-refractivity contribution is 5.95. The summed E-state index contributed by atoms with van der Waals surface area (Å²) in [5, 5.41) is 0. The number of benzene rings is 1. The van der Waals surface area contributed by atoms with Crippen LogP contribution in [-0.2, 0) is 7.05 Å². The number of carbonyl (C=O) groups is 1. The molecule has 3 nitrogen and oxygen atoms in total. The van der Waals surface area contributed by atoms with Crippen LogP contribution in [-0.4, -0.2) is 17.0 Å². The molecule has 0 saturated carbocycles. The van der Waals surface area contributed by atoms with Crippen molar-refractivity contribution in [3.63, 3.8) is 0 Å². The Kier molecular flexibility index (Phi) is 3.51. The summed E-state index contributed by atoms with van der Waals surface area (Å²) < 4.78 is 7.34. The van der Waals surface area contributed by atoms with E-state index >= 15 is 0 Å². The van der Waals surface area contributed by atoms with E-state index in [-0.39, 0.29) is 12.4 Å². The zero-order valence-electron chi connectivity index (χ0n) is 10.9. The zero-order valence-corrected chi connectivity index (χ0v) is 10.9. The van der Waals surface area contributed by atoms with Crippen molar-refractivity contribution in [3.05, 3.63) is 53.3 Å². The smallest absolute Gasteiger partial charge is 0.216 e. The molecule has 0 amide bonds. The van der Waals surface area contributed by atoms with E-state index in [1.54, 1.807) is 10.6 Å². The highest BCUT2D eigenvalue weighted by Gasteiger charge is 2.09. The first-order valence-electron chi connectivity index (χ1n) is 5.92. The number of hydrogen-bond donors (Lipinski definition) is 0. The first kappa shape index (κ1) is 12.4. The van der Waals surface area contributed by atoms with Gasteiger partial charge in [0.05, 0.1) is 5.69 Å². The molecular weight excluding hydrogens is 226 g/mol. The molecule has 1 aromatic heterocycles. The van der Waals surface area contributed by atoms with Gasteiger partial charge in [-0.3, -0.25) is 4.79 Å². The van der Waals surface area contributed by atoms with Crippen LogP contribution in [0.3, 0.4) is 0 Å². The summed E-state index contributed by atoms with van der Waals surface area (Å²) in [7, 11) is 1.85. The van der Waals surface area contributed by atoms with Crippen LogP contribution >= 0.6 is 0 Å². The molecule has 0 aliphatic heterocycles. The average Bonchev–Trinajstić information content (AvgIpc) is 2.71. The summed E-state index contributed by atoms with van der Waals surface area (Å²) in [6.45, 7) is 4.10. The number of aromatic nitrogens is 1. The van der Waals surface area contributed by atoms with Crippen LogP contribution in [0, 0.1) is 13.8 Å². The Morgan fingerprint density at radius 2 is 1.89 bits per heavy atom. The Morgan fingerprint density at radius 3 is 2.44 bits per heavy atom. The monoisotopic (exact) mass is 243 g/mol. The minimum atomic E-state index is -0.0124. The molecule has 0 atom stereocenters. The van der Waals surface area contributed by atoms with E-state index in [0.717, 1.165) is 16.9 Å².